The van der Waals surface area contributed by atoms with E-state index in [1.165, 1.54) is 77.0 Å². The number of likely N-dealkylation sites (N-methyl/N-ethyl adjacent to an activating group) is 1. The molecule has 0 amide bonds. The molecule has 1 unspecified atom stereocenters. The lowest BCUT2D eigenvalue weighted by Gasteiger charge is -2.46. The minimum absolute atomic E-state index is 0.469. The van der Waals surface area contributed by atoms with Gasteiger partial charge in [0, 0.05) is 18.0 Å². The third-order valence-electron chi connectivity index (χ3n) is 8.69. The lowest BCUT2D eigenvalue weighted by atomic mass is 9.67. The van der Waals surface area contributed by atoms with E-state index in [0.29, 0.717) is 17.9 Å². The molecule has 0 aromatic carbocycles. The number of hydrogen-bond donors (Lipinski definition) is 0. The summed E-state index contributed by atoms with van der Waals surface area (Å²) in [4.78, 5) is 7.71. The van der Waals surface area contributed by atoms with Crippen LogP contribution in [0.25, 0.3) is 0 Å². The summed E-state index contributed by atoms with van der Waals surface area (Å²) in [5.74, 6) is 5.56. The van der Waals surface area contributed by atoms with Gasteiger partial charge in [-0.05, 0) is 69.7 Å². The van der Waals surface area contributed by atoms with Crippen molar-refractivity contribution in [2.45, 2.75) is 108 Å². The Bertz CT molecular complexity index is 629. The van der Waals surface area contributed by atoms with Crippen molar-refractivity contribution in [3.05, 3.63) is 11.7 Å². The number of nitrogens with zero attached hydrogens (tertiary/aromatic N) is 3. The predicted molar refractivity (Wildman–Crippen MR) is 107 cm³/mol. The van der Waals surface area contributed by atoms with Crippen molar-refractivity contribution in [2.75, 3.05) is 7.05 Å². The van der Waals surface area contributed by atoms with E-state index in [9.17, 15) is 0 Å². The molecule has 1 aromatic rings. The van der Waals surface area contributed by atoms with Gasteiger partial charge in [-0.3, -0.25) is 4.90 Å². The molecule has 1 aromatic heterocycles. The minimum Gasteiger partial charge on any atom is -0.339 e. The third-order valence-corrected chi connectivity index (χ3v) is 8.69. The molecule has 0 radical (unpaired) electrons. The van der Waals surface area contributed by atoms with Crippen molar-refractivity contribution in [3.8, 4) is 0 Å². The van der Waals surface area contributed by atoms with Gasteiger partial charge in [-0.15, -0.1) is 0 Å². The highest BCUT2D eigenvalue weighted by Gasteiger charge is 2.50. The van der Waals surface area contributed by atoms with E-state index >= 15 is 0 Å². The van der Waals surface area contributed by atoms with Crippen molar-refractivity contribution >= 4 is 0 Å². The Kier molecular flexibility index (Phi) is 5.04. The maximum atomic E-state index is 6.01. The van der Waals surface area contributed by atoms with Gasteiger partial charge in [0.05, 0.1) is 5.92 Å². The van der Waals surface area contributed by atoms with E-state index in [1.54, 1.807) is 0 Å². The van der Waals surface area contributed by atoms with Crippen LogP contribution in [0.5, 0.6) is 0 Å². The summed E-state index contributed by atoms with van der Waals surface area (Å²) in [5.41, 5.74) is 0. The molecule has 4 atom stereocenters. The lowest BCUT2D eigenvalue weighted by molar-refractivity contribution is 0.0449. The van der Waals surface area contributed by atoms with Crippen molar-refractivity contribution in [1.82, 2.24) is 15.0 Å². The molecule has 0 spiro atoms. The van der Waals surface area contributed by atoms with Crippen LogP contribution in [0.4, 0.5) is 0 Å². The second-order valence-electron chi connectivity index (χ2n) is 10.2. The summed E-state index contributed by atoms with van der Waals surface area (Å²) in [6.07, 6.45) is 16.2. The second kappa shape index (κ2) is 7.50. The Hall–Kier alpha value is -0.900. The van der Waals surface area contributed by atoms with Crippen LogP contribution >= 0.6 is 0 Å². The van der Waals surface area contributed by atoms with Gasteiger partial charge in [0.1, 0.15) is 0 Å². The maximum absolute atomic E-state index is 6.01. The molecule has 2 aliphatic heterocycles. The summed E-state index contributed by atoms with van der Waals surface area (Å²) in [6.45, 7) is 2.43. The first kappa shape index (κ1) is 18.1. The standard InChI is InChI=1S/C23H37N3O/c1-15-8-10-16(11-9-15)19-14-18-12-13-20(26(18)2)21(19)23-24-22(25-27-23)17-6-4-3-5-7-17/h15-21H,3-14H2,1-2H3/t15?,16?,18-,19-,20?,21-/m1/s1. The Morgan fingerprint density at radius 3 is 2.48 bits per heavy atom. The number of hydrogen-bond acceptors (Lipinski definition) is 4. The van der Waals surface area contributed by atoms with Crippen LogP contribution < -0.4 is 0 Å². The Balaban J connectivity index is 1.41. The number of piperidine rings is 1. The fourth-order valence-corrected chi connectivity index (χ4v) is 6.96. The molecule has 2 bridgehead atoms. The van der Waals surface area contributed by atoms with Crippen LogP contribution in [0, 0.1) is 17.8 Å². The normalized spacial score (nSPS) is 41.1. The zero-order valence-corrected chi connectivity index (χ0v) is 17.3. The van der Waals surface area contributed by atoms with Crippen LogP contribution in [-0.2, 0) is 0 Å². The zero-order chi connectivity index (χ0) is 18.4. The zero-order valence-electron chi connectivity index (χ0n) is 17.3. The molecule has 2 aliphatic carbocycles. The monoisotopic (exact) mass is 371 g/mol. The Morgan fingerprint density at radius 2 is 1.70 bits per heavy atom. The van der Waals surface area contributed by atoms with E-state index < -0.39 is 0 Å². The first-order valence-electron chi connectivity index (χ1n) is 11.8. The number of rotatable bonds is 3. The van der Waals surface area contributed by atoms with Crippen LogP contribution in [0.2, 0.25) is 0 Å². The van der Waals surface area contributed by atoms with Gasteiger partial charge in [0.15, 0.2) is 5.82 Å². The van der Waals surface area contributed by atoms with E-state index in [1.807, 2.05) is 0 Å². The van der Waals surface area contributed by atoms with Gasteiger partial charge < -0.3 is 4.52 Å². The molecule has 4 heteroatoms. The van der Waals surface area contributed by atoms with E-state index in [0.717, 1.165) is 35.5 Å². The van der Waals surface area contributed by atoms with Crippen LogP contribution in [0.3, 0.4) is 0 Å². The first-order valence-corrected chi connectivity index (χ1v) is 11.8. The largest absolute Gasteiger partial charge is 0.339 e. The van der Waals surface area contributed by atoms with Gasteiger partial charge in [0.2, 0.25) is 5.89 Å². The summed E-state index contributed by atoms with van der Waals surface area (Å²) >= 11 is 0. The summed E-state index contributed by atoms with van der Waals surface area (Å²) in [6, 6.07) is 1.41. The molecule has 3 heterocycles. The Labute approximate surface area is 164 Å². The summed E-state index contributed by atoms with van der Waals surface area (Å²) in [7, 11) is 2.34. The molecule has 4 nitrogen and oxygen atoms in total. The van der Waals surface area contributed by atoms with Gasteiger partial charge in [-0.2, -0.15) is 4.98 Å². The van der Waals surface area contributed by atoms with E-state index in [2.05, 4.69) is 24.0 Å². The van der Waals surface area contributed by atoms with E-state index in [4.69, 9.17) is 9.51 Å². The van der Waals surface area contributed by atoms with Gasteiger partial charge in [0.25, 0.3) is 0 Å². The number of fused-ring (bicyclic) bond motifs is 2. The molecule has 4 fully saturated rings. The average molecular weight is 372 g/mol. The fraction of sp³-hybridized carbons (Fsp3) is 0.913. The maximum Gasteiger partial charge on any atom is 0.231 e. The summed E-state index contributed by atoms with van der Waals surface area (Å²) in [5, 5.41) is 4.51. The molecule has 27 heavy (non-hydrogen) atoms. The highest BCUT2D eigenvalue weighted by Crippen LogP contribution is 2.52. The SMILES string of the molecule is CC1CCC([C@H]2C[C@H]3CCC([C@@H]2c2nc(C4CCCCC4)no2)N3C)CC1. The molecule has 2 saturated heterocycles. The molecule has 0 N–H and O–H groups in total. The summed E-state index contributed by atoms with van der Waals surface area (Å²) < 4.78 is 6.01. The highest BCUT2D eigenvalue weighted by molar-refractivity contribution is 5.12. The first-order chi connectivity index (χ1) is 13.2. The molecule has 2 saturated carbocycles. The quantitative estimate of drug-likeness (QED) is 0.702. The predicted octanol–water partition coefficient (Wildman–Crippen LogP) is 5.51. The molecular formula is C23H37N3O. The minimum atomic E-state index is 0.469. The third kappa shape index (κ3) is 3.36. The molecule has 5 rings (SSSR count). The molecule has 4 aliphatic rings. The topological polar surface area (TPSA) is 42.2 Å². The average Bonchev–Trinajstić information content (AvgIpc) is 3.26. The molecular weight excluding hydrogens is 334 g/mol. The van der Waals surface area contributed by atoms with Crippen LogP contribution in [0.15, 0.2) is 4.52 Å². The molecule has 150 valence electrons. The van der Waals surface area contributed by atoms with Gasteiger partial charge in [-0.25, -0.2) is 0 Å². The van der Waals surface area contributed by atoms with Crippen molar-refractivity contribution in [3.63, 3.8) is 0 Å². The fourth-order valence-electron chi connectivity index (χ4n) is 6.96. The Morgan fingerprint density at radius 1 is 0.926 bits per heavy atom. The van der Waals surface area contributed by atoms with Gasteiger partial charge >= 0.3 is 0 Å². The van der Waals surface area contributed by atoms with Gasteiger partial charge in [-0.1, -0.05) is 44.2 Å². The number of aromatic nitrogens is 2. The van der Waals surface area contributed by atoms with Crippen LogP contribution in [0.1, 0.15) is 108 Å². The van der Waals surface area contributed by atoms with Crippen molar-refractivity contribution < 1.29 is 4.52 Å². The van der Waals surface area contributed by atoms with Crippen molar-refractivity contribution in [1.29, 1.82) is 0 Å². The second-order valence-corrected chi connectivity index (χ2v) is 10.2. The highest BCUT2D eigenvalue weighted by atomic mass is 16.5. The van der Waals surface area contributed by atoms with E-state index in [-0.39, 0.29) is 0 Å². The lowest BCUT2D eigenvalue weighted by Crippen LogP contribution is -2.47. The van der Waals surface area contributed by atoms with Crippen molar-refractivity contribution in [2.24, 2.45) is 17.8 Å². The smallest absolute Gasteiger partial charge is 0.231 e. The van der Waals surface area contributed by atoms with Crippen LogP contribution in [-0.4, -0.2) is 34.2 Å².